The predicted octanol–water partition coefficient (Wildman–Crippen LogP) is 7.13. The Morgan fingerprint density at radius 2 is 1.72 bits per heavy atom. The van der Waals surface area contributed by atoms with E-state index in [1.807, 2.05) is 52.0 Å². The molecule has 0 atom stereocenters. The number of hydrogen-bond acceptors (Lipinski definition) is 7. The van der Waals surface area contributed by atoms with E-state index in [-0.39, 0.29) is 22.0 Å². The Bertz CT molecular complexity index is 2070. The zero-order valence-electron chi connectivity index (χ0n) is 28.7. The number of benzene rings is 2. The van der Waals surface area contributed by atoms with Gasteiger partial charge in [0.2, 0.25) is 5.91 Å². The number of pyridine rings is 1. The molecule has 47 heavy (non-hydrogen) atoms. The fraction of sp³-hybridized carbons (Fsp3) is 0.389. The van der Waals surface area contributed by atoms with Gasteiger partial charge in [0.1, 0.15) is 17.1 Å². The predicted molar refractivity (Wildman–Crippen MR) is 185 cm³/mol. The van der Waals surface area contributed by atoms with Crippen molar-refractivity contribution in [2.75, 3.05) is 11.8 Å². The van der Waals surface area contributed by atoms with Crippen LogP contribution >= 0.6 is 0 Å². The smallest absolute Gasteiger partial charge is 0.263 e. The standard InChI is InChI=1S/C36H44N6O4S/c1-10-31-38-33-22(2)17-23(3)37-35(33)42(31)20-26-15-16-28(27(18-26)21-41(9)32(43)19-36(6,7)8)29-13-11-12-14-30(29)47(44,45)40-34-24(4)25(5)46-39-34/h11-18H,10,19-21H2,1-9H3,(H,39,40). The molecule has 0 aliphatic heterocycles. The number of imidazole rings is 1. The Balaban J connectivity index is 1.61. The Kier molecular flexibility index (Phi) is 9.32. The molecule has 0 fully saturated rings. The van der Waals surface area contributed by atoms with E-state index in [4.69, 9.17) is 14.5 Å². The van der Waals surface area contributed by atoms with Crippen LogP contribution < -0.4 is 4.72 Å². The number of fused-ring (bicyclic) bond motifs is 1. The van der Waals surface area contributed by atoms with E-state index in [1.54, 1.807) is 44.0 Å². The average molecular weight is 657 g/mol. The molecule has 0 spiro atoms. The highest BCUT2D eigenvalue weighted by molar-refractivity contribution is 7.92. The number of carbonyl (C=O) groups excluding carboxylic acids is 1. The maximum atomic E-state index is 13.8. The van der Waals surface area contributed by atoms with Gasteiger partial charge in [-0.2, -0.15) is 0 Å². The lowest BCUT2D eigenvalue weighted by atomic mass is 9.91. The molecule has 0 saturated heterocycles. The number of carbonyl (C=O) groups is 1. The molecule has 0 aliphatic carbocycles. The molecule has 3 heterocycles. The number of anilines is 1. The van der Waals surface area contributed by atoms with Gasteiger partial charge in [0.25, 0.3) is 10.0 Å². The van der Waals surface area contributed by atoms with Gasteiger partial charge in [-0.3, -0.25) is 9.52 Å². The number of sulfonamides is 1. The molecule has 1 N–H and O–H groups in total. The van der Waals surface area contributed by atoms with Crippen molar-refractivity contribution in [3.05, 3.63) is 88.1 Å². The summed E-state index contributed by atoms with van der Waals surface area (Å²) in [6, 6.07) is 14.9. The van der Waals surface area contributed by atoms with Crippen LogP contribution in [0.3, 0.4) is 0 Å². The number of aromatic nitrogens is 4. The molecule has 5 rings (SSSR count). The Hall–Kier alpha value is -4.51. The zero-order valence-corrected chi connectivity index (χ0v) is 29.5. The minimum Gasteiger partial charge on any atom is -0.359 e. The number of amides is 1. The maximum Gasteiger partial charge on any atom is 0.263 e. The summed E-state index contributed by atoms with van der Waals surface area (Å²) in [6.45, 7) is 16.5. The summed E-state index contributed by atoms with van der Waals surface area (Å²) in [7, 11) is -2.26. The lowest BCUT2D eigenvalue weighted by Crippen LogP contribution is -2.30. The van der Waals surface area contributed by atoms with E-state index < -0.39 is 10.0 Å². The third-order valence-electron chi connectivity index (χ3n) is 8.30. The van der Waals surface area contributed by atoms with Crippen LogP contribution in [0, 0.1) is 33.1 Å². The summed E-state index contributed by atoms with van der Waals surface area (Å²) in [6.07, 6.45) is 1.13. The fourth-order valence-corrected chi connectivity index (χ4v) is 7.04. The number of nitrogens with one attached hydrogen (secondary N) is 1. The first-order valence-electron chi connectivity index (χ1n) is 15.8. The van der Waals surface area contributed by atoms with Crippen molar-refractivity contribution < 1.29 is 17.7 Å². The van der Waals surface area contributed by atoms with Crippen LogP contribution in [0.2, 0.25) is 0 Å². The monoisotopic (exact) mass is 656 g/mol. The molecule has 2 aromatic carbocycles. The molecule has 10 nitrogen and oxygen atoms in total. The first kappa shape index (κ1) is 33.8. The summed E-state index contributed by atoms with van der Waals surface area (Å²) in [4.78, 5) is 24.8. The van der Waals surface area contributed by atoms with Crippen molar-refractivity contribution in [1.82, 2.24) is 24.6 Å². The molecule has 0 bridgehead atoms. The maximum absolute atomic E-state index is 13.8. The summed E-state index contributed by atoms with van der Waals surface area (Å²) in [5, 5.41) is 3.91. The van der Waals surface area contributed by atoms with Gasteiger partial charge in [-0.05, 0) is 67.5 Å². The van der Waals surface area contributed by atoms with Crippen molar-refractivity contribution in [2.45, 2.75) is 86.2 Å². The lowest BCUT2D eigenvalue weighted by molar-refractivity contribution is -0.132. The molecule has 1 amide bonds. The van der Waals surface area contributed by atoms with E-state index in [0.29, 0.717) is 42.0 Å². The third kappa shape index (κ3) is 7.25. The van der Waals surface area contributed by atoms with Crippen molar-refractivity contribution in [3.63, 3.8) is 0 Å². The van der Waals surface area contributed by atoms with Crippen LogP contribution in [0.25, 0.3) is 22.3 Å². The van der Waals surface area contributed by atoms with Gasteiger partial charge in [0.15, 0.2) is 11.5 Å². The highest BCUT2D eigenvalue weighted by Gasteiger charge is 2.25. The minimum atomic E-state index is -4.05. The Morgan fingerprint density at radius 3 is 2.38 bits per heavy atom. The zero-order chi connectivity index (χ0) is 34.3. The van der Waals surface area contributed by atoms with Crippen LogP contribution in [0.5, 0.6) is 0 Å². The molecule has 0 saturated carbocycles. The number of aryl methyl sites for hydroxylation is 4. The molecular formula is C36H44N6O4S. The SMILES string of the molecule is CCc1nc2c(C)cc(C)nc2n1Cc1ccc(-c2ccccc2S(=O)(=O)Nc2noc(C)c2C)c(CN(C)C(=O)CC(C)(C)C)c1. The van der Waals surface area contributed by atoms with E-state index in [0.717, 1.165) is 45.8 Å². The third-order valence-corrected chi connectivity index (χ3v) is 9.69. The quantitative estimate of drug-likeness (QED) is 0.170. The molecule has 0 aliphatic rings. The van der Waals surface area contributed by atoms with Gasteiger partial charge in [0, 0.05) is 43.3 Å². The van der Waals surface area contributed by atoms with Crippen molar-refractivity contribution >= 4 is 32.9 Å². The van der Waals surface area contributed by atoms with Crippen LogP contribution in [0.1, 0.15) is 73.6 Å². The molecule has 11 heteroatoms. The average Bonchev–Trinajstić information content (AvgIpc) is 3.50. The Labute approximate surface area is 277 Å². The molecular weight excluding hydrogens is 613 g/mol. The second-order valence-corrected chi connectivity index (χ2v) is 15.2. The van der Waals surface area contributed by atoms with Gasteiger partial charge < -0.3 is 14.0 Å². The normalized spacial score (nSPS) is 12.1. The van der Waals surface area contributed by atoms with Crippen molar-refractivity contribution in [1.29, 1.82) is 0 Å². The number of nitrogens with zero attached hydrogens (tertiary/aromatic N) is 5. The first-order valence-corrected chi connectivity index (χ1v) is 17.3. The summed E-state index contributed by atoms with van der Waals surface area (Å²) in [5.41, 5.74) is 7.23. The molecule has 0 radical (unpaired) electrons. The minimum absolute atomic E-state index is 0.0114. The van der Waals surface area contributed by atoms with Crippen molar-refractivity contribution in [3.8, 4) is 11.1 Å². The van der Waals surface area contributed by atoms with Gasteiger partial charge in [-0.25, -0.2) is 18.4 Å². The van der Waals surface area contributed by atoms with E-state index in [1.165, 1.54) is 0 Å². The second-order valence-electron chi connectivity index (χ2n) is 13.5. The van der Waals surface area contributed by atoms with Crippen LogP contribution in [0.4, 0.5) is 5.82 Å². The van der Waals surface area contributed by atoms with Crippen LogP contribution in [-0.2, 0) is 34.3 Å². The molecule has 5 aromatic rings. The molecule has 0 unspecified atom stereocenters. The van der Waals surface area contributed by atoms with Crippen molar-refractivity contribution in [2.24, 2.45) is 5.41 Å². The number of hydrogen-bond donors (Lipinski definition) is 1. The van der Waals surface area contributed by atoms with Crippen LogP contribution in [-0.4, -0.2) is 46.0 Å². The van der Waals surface area contributed by atoms with E-state index >= 15 is 0 Å². The Morgan fingerprint density at radius 1 is 1.00 bits per heavy atom. The van der Waals surface area contributed by atoms with E-state index in [2.05, 4.69) is 34.4 Å². The van der Waals surface area contributed by atoms with Gasteiger partial charge in [-0.1, -0.05) is 69.2 Å². The highest BCUT2D eigenvalue weighted by atomic mass is 32.2. The molecule has 248 valence electrons. The van der Waals surface area contributed by atoms with E-state index in [9.17, 15) is 13.2 Å². The van der Waals surface area contributed by atoms with Gasteiger partial charge >= 0.3 is 0 Å². The van der Waals surface area contributed by atoms with Crippen LogP contribution in [0.15, 0.2) is 57.9 Å². The summed E-state index contributed by atoms with van der Waals surface area (Å²) in [5.74, 6) is 1.63. The van der Waals surface area contributed by atoms with Gasteiger partial charge in [-0.15, -0.1) is 0 Å². The summed E-state index contributed by atoms with van der Waals surface area (Å²) < 4.78 is 37.6. The fourth-order valence-electron chi connectivity index (χ4n) is 5.76. The lowest BCUT2D eigenvalue weighted by Gasteiger charge is -2.25. The molecule has 3 aromatic heterocycles. The largest absolute Gasteiger partial charge is 0.359 e. The second kappa shape index (κ2) is 12.9. The topological polar surface area (TPSA) is 123 Å². The number of rotatable bonds is 10. The summed E-state index contributed by atoms with van der Waals surface area (Å²) >= 11 is 0. The van der Waals surface area contributed by atoms with Gasteiger partial charge in [0.05, 0.1) is 11.4 Å². The highest BCUT2D eigenvalue weighted by Crippen LogP contribution is 2.34. The first-order chi connectivity index (χ1) is 22.1.